The molecule has 30 heavy (non-hydrogen) atoms. The van der Waals surface area contributed by atoms with Crippen LogP contribution < -0.4 is 10.2 Å². The quantitative estimate of drug-likeness (QED) is 0.480. The van der Waals surface area contributed by atoms with Crippen molar-refractivity contribution in [2.24, 2.45) is 0 Å². The third-order valence-electron chi connectivity index (χ3n) is 5.35. The average molecular weight is 397 g/mol. The maximum Gasteiger partial charge on any atom is 0.207 e. The zero-order valence-electron chi connectivity index (χ0n) is 16.4. The van der Waals surface area contributed by atoms with Crippen LogP contribution in [0.1, 0.15) is 11.1 Å². The molecule has 0 bridgehead atoms. The van der Waals surface area contributed by atoms with Gasteiger partial charge in [-0.25, -0.2) is 15.0 Å². The van der Waals surface area contributed by atoms with E-state index in [2.05, 4.69) is 64.5 Å². The van der Waals surface area contributed by atoms with Crippen LogP contribution in [0.2, 0.25) is 0 Å². The van der Waals surface area contributed by atoms with Crippen molar-refractivity contribution in [3.8, 4) is 0 Å². The highest BCUT2D eigenvalue weighted by molar-refractivity contribution is 5.86. The number of hydrogen-bond acceptors (Lipinski definition) is 7. The summed E-state index contributed by atoms with van der Waals surface area (Å²) in [6.45, 7) is 4.50. The summed E-state index contributed by atoms with van der Waals surface area (Å²) in [6, 6.07) is 10.4. The van der Waals surface area contributed by atoms with Crippen molar-refractivity contribution >= 4 is 39.7 Å². The molecular weight excluding hydrogens is 378 g/mol. The number of aryl methyl sites for hydroxylation is 1. The van der Waals surface area contributed by atoms with Crippen molar-refractivity contribution in [2.75, 3.05) is 16.8 Å². The van der Waals surface area contributed by atoms with Crippen LogP contribution in [0.3, 0.4) is 0 Å². The lowest BCUT2D eigenvalue weighted by Crippen LogP contribution is -2.32. The number of hydrogen-bond donors (Lipinski definition) is 2. The summed E-state index contributed by atoms with van der Waals surface area (Å²) in [4.78, 5) is 23.2. The Balaban J connectivity index is 1.21. The second kappa shape index (κ2) is 6.51. The van der Waals surface area contributed by atoms with Crippen molar-refractivity contribution in [2.45, 2.75) is 20.0 Å². The van der Waals surface area contributed by atoms with Gasteiger partial charge in [-0.15, -0.1) is 0 Å². The third-order valence-corrected chi connectivity index (χ3v) is 5.35. The molecule has 0 aliphatic carbocycles. The first-order chi connectivity index (χ1) is 14.7. The van der Waals surface area contributed by atoms with Gasteiger partial charge in [0.15, 0.2) is 11.5 Å². The molecule has 0 radical (unpaired) electrons. The molecule has 5 aromatic rings. The summed E-state index contributed by atoms with van der Waals surface area (Å²) in [6.07, 6.45) is 5.23. The van der Waals surface area contributed by atoms with Gasteiger partial charge in [-0.05, 0) is 36.2 Å². The summed E-state index contributed by atoms with van der Waals surface area (Å²) < 4.78 is 1.98. The van der Waals surface area contributed by atoms with Crippen LogP contribution in [-0.2, 0) is 13.1 Å². The standard InChI is InChI=1S/C21H19N9/c1-13-8-16-19(22-9-13)28-21(27-16)26-15-4-2-14(3-5-15)11-29-6-7-30-18-17(10-25-30)23-12-24-20(18)29/h2-5,8-10,12H,6-7,11H2,1H3,(H2,22,26,27,28). The number of benzene rings is 1. The highest BCUT2D eigenvalue weighted by Gasteiger charge is 2.21. The molecule has 0 spiro atoms. The molecule has 0 saturated carbocycles. The first-order valence-electron chi connectivity index (χ1n) is 9.83. The van der Waals surface area contributed by atoms with Crippen molar-refractivity contribution in [1.82, 2.24) is 34.7 Å². The molecule has 1 aliphatic rings. The van der Waals surface area contributed by atoms with E-state index in [-0.39, 0.29) is 0 Å². The van der Waals surface area contributed by atoms with Crippen molar-refractivity contribution in [1.29, 1.82) is 0 Å². The molecule has 1 aromatic carbocycles. The summed E-state index contributed by atoms with van der Waals surface area (Å²) in [5.41, 5.74) is 6.81. The molecule has 9 nitrogen and oxygen atoms in total. The van der Waals surface area contributed by atoms with Gasteiger partial charge in [-0.1, -0.05) is 12.1 Å². The monoisotopic (exact) mass is 397 g/mol. The zero-order chi connectivity index (χ0) is 20.1. The molecule has 0 atom stereocenters. The van der Waals surface area contributed by atoms with Gasteiger partial charge in [0.05, 0.1) is 18.3 Å². The number of imidazole rings is 1. The highest BCUT2D eigenvalue weighted by Crippen LogP contribution is 2.28. The molecule has 1 aliphatic heterocycles. The van der Waals surface area contributed by atoms with E-state index in [0.29, 0.717) is 11.6 Å². The van der Waals surface area contributed by atoms with E-state index in [1.54, 1.807) is 12.5 Å². The van der Waals surface area contributed by atoms with Crippen LogP contribution in [0.4, 0.5) is 17.5 Å². The second-order valence-corrected chi connectivity index (χ2v) is 7.51. The molecule has 0 amide bonds. The zero-order valence-corrected chi connectivity index (χ0v) is 16.4. The normalized spacial score (nSPS) is 13.3. The van der Waals surface area contributed by atoms with Crippen molar-refractivity contribution in [3.05, 3.63) is 60.2 Å². The molecule has 9 heteroatoms. The minimum atomic E-state index is 0.684. The largest absolute Gasteiger partial charge is 0.349 e. The molecule has 2 N–H and O–H groups in total. The Morgan fingerprint density at radius 1 is 1.07 bits per heavy atom. The van der Waals surface area contributed by atoms with Crippen LogP contribution in [0.25, 0.3) is 22.2 Å². The molecule has 0 unspecified atom stereocenters. The van der Waals surface area contributed by atoms with Gasteiger partial charge >= 0.3 is 0 Å². The lowest BCUT2D eigenvalue weighted by Gasteiger charge is -2.28. The Kier molecular flexibility index (Phi) is 3.67. The molecule has 6 rings (SSSR count). The number of H-pyrrole nitrogens is 1. The Hall–Kier alpha value is -4.01. The van der Waals surface area contributed by atoms with Gasteiger partial charge in [-0.3, -0.25) is 4.68 Å². The smallest absolute Gasteiger partial charge is 0.207 e. The number of pyridine rings is 1. The lowest BCUT2D eigenvalue weighted by molar-refractivity contribution is 0.586. The summed E-state index contributed by atoms with van der Waals surface area (Å²) in [7, 11) is 0. The first-order valence-corrected chi connectivity index (χ1v) is 9.83. The number of nitrogens with zero attached hydrogens (tertiary/aromatic N) is 7. The number of anilines is 3. The SMILES string of the molecule is Cc1cnc2nc(Nc3ccc(CN4CCn5ncc6ncnc4c65)cc3)[nH]c2c1. The van der Waals surface area contributed by atoms with Gasteiger partial charge in [0.2, 0.25) is 5.95 Å². The van der Waals surface area contributed by atoms with E-state index < -0.39 is 0 Å². The van der Waals surface area contributed by atoms with E-state index in [0.717, 1.165) is 53.3 Å². The van der Waals surface area contributed by atoms with Crippen LogP contribution in [0, 0.1) is 6.92 Å². The van der Waals surface area contributed by atoms with Crippen molar-refractivity contribution in [3.63, 3.8) is 0 Å². The van der Waals surface area contributed by atoms with Gasteiger partial charge < -0.3 is 15.2 Å². The number of aromatic amines is 1. The minimum Gasteiger partial charge on any atom is -0.349 e. The molecule has 0 fully saturated rings. The second-order valence-electron chi connectivity index (χ2n) is 7.51. The van der Waals surface area contributed by atoms with Gasteiger partial charge in [-0.2, -0.15) is 10.1 Å². The molecule has 0 saturated heterocycles. The lowest BCUT2D eigenvalue weighted by atomic mass is 10.2. The maximum atomic E-state index is 4.51. The average Bonchev–Trinajstić information content (AvgIpc) is 3.36. The Morgan fingerprint density at radius 2 is 1.97 bits per heavy atom. The number of aromatic nitrogens is 7. The van der Waals surface area contributed by atoms with E-state index in [4.69, 9.17) is 0 Å². The van der Waals surface area contributed by atoms with E-state index in [1.807, 2.05) is 23.9 Å². The maximum absolute atomic E-state index is 4.51. The van der Waals surface area contributed by atoms with Gasteiger partial charge in [0.1, 0.15) is 17.4 Å². The van der Waals surface area contributed by atoms with Crippen LogP contribution in [-0.4, -0.2) is 41.2 Å². The van der Waals surface area contributed by atoms with Gasteiger partial charge in [0, 0.05) is 25.0 Å². The topological polar surface area (TPSA) is 100 Å². The summed E-state index contributed by atoms with van der Waals surface area (Å²) in [5, 5.41) is 7.72. The summed E-state index contributed by atoms with van der Waals surface area (Å²) >= 11 is 0. The number of rotatable bonds is 4. The predicted molar refractivity (Wildman–Crippen MR) is 115 cm³/mol. The Bertz CT molecular complexity index is 1370. The fourth-order valence-corrected chi connectivity index (χ4v) is 3.90. The highest BCUT2D eigenvalue weighted by atomic mass is 15.4. The predicted octanol–water partition coefficient (Wildman–Crippen LogP) is 3.17. The molecule has 4 aromatic heterocycles. The molecule has 5 heterocycles. The third kappa shape index (κ3) is 2.83. The fourth-order valence-electron chi connectivity index (χ4n) is 3.90. The Labute approximate surface area is 171 Å². The fraction of sp³-hybridized carbons (Fsp3) is 0.190. The minimum absolute atomic E-state index is 0.684. The van der Waals surface area contributed by atoms with E-state index in [9.17, 15) is 0 Å². The van der Waals surface area contributed by atoms with E-state index in [1.165, 1.54) is 5.56 Å². The number of fused-ring (bicyclic) bond motifs is 1. The van der Waals surface area contributed by atoms with Crippen LogP contribution in [0.5, 0.6) is 0 Å². The van der Waals surface area contributed by atoms with Crippen LogP contribution >= 0.6 is 0 Å². The van der Waals surface area contributed by atoms with Gasteiger partial charge in [0.25, 0.3) is 0 Å². The van der Waals surface area contributed by atoms with Crippen LogP contribution in [0.15, 0.2) is 49.1 Å². The summed E-state index contributed by atoms with van der Waals surface area (Å²) in [5.74, 6) is 1.62. The van der Waals surface area contributed by atoms with Crippen molar-refractivity contribution < 1.29 is 0 Å². The first kappa shape index (κ1) is 16.9. The number of nitrogens with one attached hydrogen (secondary N) is 2. The Morgan fingerprint density at radius 3 is 2.87 bits per heavy atom. The van der Waals surface area contributed by atoms with E-state index >= 15 is 0 Å². The molecule has 148 valence electrons. The molecular formula is C21H19N9.